The second kappa shape index (κ2) is 5.17. The van der Waals surface area contributed by atoms with E-state index in [2.05, 4.69) is 0 Å². The van der Waals surface area contributed by atoms with Gasteiger partial charge >= 0.3 is 0 Å². The molecule has 94 valence electrons. The van der Waals surface area contributed by atoms with Gasteiger partial charge in [-0.15, -0.1) is 0 Å². The Balaban J connectivity index is 2.26. The zero-order valence-electron chi connectivity index (χ0n) is 10.3. The topological polar surface area (TPSA) is 9.23 Å². The Kier molecular flexibility index (Phi) is 3.60. The molecule has 2 rings (SSSR count). The molecule has 2 aromatic rings. The van der Waals surface area contributed by atoms with E-state index in [1.165, 1.54) is 36.4 Å². The summed E-state index contributed by atoms with van der Waals surface area (Å²) in [6, 6.07) is 10.2. The fourth-order valence-corrected chi connectivity index (χ4v) is 1.62. The van der Waals surface area contributed by atoms with Crippen LogP contribution < -0.4 is 4.74 Å². The van der Waals surface area contributed by atoms with Gasteiger partial charge in [0.2, 0.25) is 0 Å². The molecule has 0 aliphatic heterocycles. The Morgan fingerprint density at radius 3 is 2.11 bits per heavy atom. The minimum atomic E-state index is -0.335. The van der Waals surface area contributed by atoms with E-state index in [0.29, 0.717) is 11.5 Å². The zero-order valence-corrected chi connectivity index (χ0v) is 10.3. The van der Waals surface area contributed by atoms with Crippen molar-refractivity contribution >= 4 is 0 Å². The van der Waals surface area contributed by atoms with E-state index in [-0.39, 0.29) is 17.6 Å². The summed E-state index contributed by atoms with van der Waals surface area (Å²) in [5, 5.41) is 0. The van der Waals surface area contributed by atoms with Gasteiger partial charge in [-0.1, -0.05) is 13.8 Å². The molecular weight excluding hydrogens is 234 g/mol. The van der Waals surface area contributed by atoms with Gasteiger partial charge in [0.1, 0.15) is 23.1 Å². The first-order chi connectivity index (χ1) is 8.54. The van der Waals surface area contributed by atoms with Crippen LogP contribution in [0.15, 0.2) is 42.5 Å². The van der Waals surface area contributed by atoms with Crippen molar-refractivity contribution in [3.63, 3.8) is 0 Å². The van der Waals surface area contributed by atoms with Crippen LogP contribution in [0.3, 0.4) is 0 Å². The Hall–Kier alpha value is -1.90. The highest BCUT2D eigenvalue weighted by Gasteiger charge is 2.06. The highest BCUT2D eigenvalue weighted by Crippen LogP contribution is 2.26. The van der Waals surface area contributed by atoms with Crippen LogP contribution in [0.4, 0.5) is 8.78 Å². The zero-order chi connectivity index (χ0) is 13.1. The van der Waals surface area contributed by atoms with Crippen molar-refractivity contribution in [1.29, 1.82) is 0 Å². The fourth-order valence-electron chi connectivity index (χ4n) is 1.62. The maximum Gasteiger partial charge on any atom is 0.130 e. The van der Waals surface area contributed by atoms with E-state index < -0.39 is 0 Å². The summed E-state index contributed by atoms with van der Waals surface area (Å²) in [7, 11) is 0. The standard InChI is InChI=1S/C15H14F2O/c1-10(2)11-7-13(17)9-15(8-11)18-14-5-3-12(16)4-6-14/h3-10H,1-2H3. The third-order valence-corrected chi connectivity index (χ3v) is 2.61. The summed E-state index contributed by atoms with van der Waals surface area (Å²) in [4.78, 5) is 0. The first-order valence-corrected chi connectivity index (χ1v) is 5.78. The van der Waals surface area contributed by atoms with Crippen LogP contribution in [0.1, 0.15) is 25.3 Å². The van der Waals surface area contributed by atoms with Gasteiger partial charge in [-0.25, -0.2) is 8.78 Å². The highest BCUT2D eigenvalue weighted by molar-refractivity contribution is 5.35. The van der Waals surface area contributed by atoms with Crippen LogP contribution in [-0.2, 0) is 0 Å². The van der Waals surface area contributed by atoms with Crippen molar-refractivity contribution in [2.45, 2.75) is 19.8 Å². The van der Waals surface area contributed by atoms with Gasteiger partial charge < -0.3 is 4.74 Å². The molecule has 0 atom stereocenters. The van der Waals surface area contributed by atoms with E-state index in [1.807, 2.05) is 13.8 Å². The van der Waals surface area contributed by atoms with Crippen molar-refractivity contribution < 1.29 is 13.5 Å². The minimum Gasteiger partial charge on any atom is -0.457 e. The molecule has 0 saturated heterocycles. The normalized spacial score (nSPS) is 10.7. The lowest BCUT2D eigenvalue weighted by Gasteiger charge is -2.10. The van der Waals surface area contributed by atoms with Gasteiger partial charge in [-0.2, -0.15) is 0 Å². The third-order valence-electron chi connectivity index (χ3n) is 2.61. The van der Waals surface area contributed by atoms with Crippen molar-refractivity contribution in [2.24, 2.45) is 0 Å². The molecule has 0 saturated carbocycles. The first-order valence-electron chi connectivity index (χ1n) is 5.78. The Labute approximate surface area is 105 Å². The van der Waals surface area contributed by atoms with Crippen LogP contribution in [0.5, 0.6) is 11.5 Å². The summed E-state index contributed by atoms with van der Waals surface area (Å²) in [6.07, 6.45) is 0. The average Bonchev–Trinajstić information content (AvgIpc) is 2.31. The van der Waals surface area contributed by atoms with Crippen molar-refractivity contribution in [3.05, 3.63) is 59.7 Å². The van der Waals surface area contributed by atoms with Gasteiger partial charge in [-0.05, 0) is 47.9 Å². The molecule has 18 heavy (non-hydrogen) atoms. The van der Waals surface area contributed by atoms with Crippen LogP contribution in [0, 0.1) is 11.6 Å². The van der Waals surface area contributed by atoms with Gasteiger partial charge in [0.15, 0.2) is 0 Å². The van der Waals surface area contributed by atoms with Crippen molar-refractivity contribution in [1.82, 2.24) is 0 Å². The molecular formula is C15H14F2O. The van der Waals surface area contributed by atoms with Crippen molar-refractivity contribution in [3.8, 4) is 11.5 Å². The molecule has 2 aromatic carbocycles. The molecule has 0 bridgehead atoms. The van der Waals surface area contributed by atoms with Crippen LogP contribution in [-0.4, -0.2) is 0 Å². The number of hydrogen-bond acceptors (Lipinski definition) is 1. The largest absolute Gasteiger partial charge is 0.457 e. The monoisotopic (exact) mass is 248 g/mol. The van der Waals surface area contributed by atoms with Gasteiger partial charge in [0.25, 0.3) is 0 Å². The van der Waals surface area contributed by atoms with Gasteiger partial charge in [0, 0.05) is 6.07 Å². The fraction of sp³-hybridized carbons (Fsp3) is 0.200. The Morgan fingerprint density at radius 2 is 1.50 bits per heavy atom. The lowest BCUT2D eigenvalue weighted by Crippen LogP contribution is -1.92. The molecule has 0 heterocycles. The SMILES string of the molecule is CC(C)c1cc(F)cc(Oc2ccc(F)cc2)c1. The number of ether oxygens (including phenoxy) is 1. The maximum absolute atomic E-state index is 13.4. The first kappa shape index (κ1) is 12.6. The molecule has 3 heteroatoms. The number of benzene rings is 2. The van der Waals surface area contributed by atoms with Crippen LogP contribution in [0.25, 0.3) is 0 Å². The predicted octanol–water partition coefficient (Wildman–Crippen LogP) is 4.88. The Morgan fingerprint density at radius 1 is 0.833 bits per heavy atom. The smallest absolute Gasteiger partial charge is 0.130 e. The Bertz CT molecular complexity index is 533. The van der Waals surface area contributed by atoms with E-state index >= 15 is 0 Å². The lowest BCUT2D eigenvalue weighted by molar-refractivity contribution is 0.473. The third kappa shape index (κ3) is 3.06. The van der Waals surface area contributed by atoms with E-state index in [1.54, 1.807) is 6.07 Å². The number of halogens is 2. The predicted molar refractivity (Wildman–Crippen MR) is 67.0 cm³/mol. The molecule has 0 amide bonds. The second-order valence-corrected chi connectivity index (χ2v) is 4.43. The van der Waals surface area contributed by atoms with E-state index in [9.17, 15) is 8.78 Å². The van der Waals surface area contributed by atoms with E-state index in [4.69, 9.17) is 4.74 Å². The molecule has 0 aliphatic rings. The van der Waals surface area contributed by atoms with Gasteiger partial charge in [-0.3, -0.25) is 0 Å². The van der Waals surface area contributed by atoms with Gasteiger partial charge in [0.05, 0.1) is 0 Å². The number of hydrogen-bond donors (Lipinski definition) is 0. The average molecular weight is 248 g/mol. The minimum absolute atomic E-state index is 0.219. The lowest BCUT2D eigenvalue weighted by atomic mass is 10.0. The summed E-state index contributed by atoms with van der Waals surface area (Å²) in [5.41, 5.74) is 0.868. The maximum atomic E-state index is 13.4. The van der Waals surface area contributed by atoms with Crippen molar-refractivity contribution in [2.75, 3.05) is 0 Å². The molecule has 0 aromatic heterocycles. The molecule has 0 radical (unpaired) electrons. The molecule has 0 aliphatic carbocycles. The molecule has 0 spiro atoms. The summed E-state index contributed by atoms with van der Waals surface area (Å²) in [5.74, 6) is 0.459. The summed E-state index contributed by atoms with van der Waals surface area (Å²) >= 11 is 0. The molecule has 0 unspecified atom stereocenters. The summed E-state index contributed by atoms with van der Waals surface area (Å²) in [6.45, 7) is 3.97. The van der Waals surface area contributed by atoms with E-state index in [0.717, 1.165) is 5.56 Å². The summed E-state index contributed by atoms with van der Waals surface area (Å²) < 4.78 is 31.7. The van der Waals surface area contributed by atoms with Crippen LogP contribution in [0.2, 0.25) is 0 Å². The second-order valence-electron chi connectivity index (χ2n) is 4.43. The molecule has 0 fully saturated rings. The quantitative estimate of drug-likeness (QED) is 0.752. The highest BCUT2D eigenvalue weighted by atomic mass is 19.1. The molecule has 0 N–H and O–H groups in total. The molecule has 1 nitrogen and oxygen atoms in total. The number of rotatable bonds is 3. The van der Waals surface area contributed by atoms with Crippen LogP contribution >= 0.6 is 0 Å².